The number of aromatic nitrogens is 2. The van der Waals surface area contributed by atoms with Crippen molar-refractivity contribution in [3.8, 4) is 0 Å². The lowest BCUT2D eigenvalue weighted by atomic mass is 10.1. The van der Waals surface area contributed by atoms with Crippen LogP contribution in [0.25, 0.3) is 0 Å². The third-order valence-corrected chi connectivity index (χ3v) is 13.5. The second kappa shape index (κ2) is 40.6. The number of ether oxygens (including phenoxy) is 3. The highest BCUT2D eigenvalue weighted by molar-refractivity contribution is 7.61. The first kappa shape index (κ1) is 66.5. The average molecular weight is 1090 g/mol. The first-order chi connectivity index (χ1) is 36.1. The molecule has 3 unspecified atom stereocenters. The van der Waals surface area contributed by atoms with Gasteiger partial charge in [-0.15, -0.1) is 0 Å². The fourth-order valence-corrected chi connectivity index (χ4v) is 9.02. The number of carbonyl (C=O) groups is 2. The van der Waals surface area contributed by atoms with Crippen molar-refractivity contribution >= 4 is 33.4 Å². The molecule has 0 spiro atoms. The van der Waals surface area contributed by atoms with E-state index in [0.29, 0.717) is 19.3 Å². The molecule has 0 saturated carbocycles. The van der Waals surface area contributed by atoms with Gasteiger partial charge in [-0.2, -0.15) is 9.29 Å². The number of aliphatic hydroxyl groups is 3. The monoisotopic (exact) mass is 1090 g/mol. The molecule has 19 nitrogen and oxygen atoms in total. The molecule has 2 rings (SSSR count). The van der Waals surface area contributed by atoms with Gasteiger partial charge in [0.25, 0.3) is 0 Å². The maximum absolute atomic E-state index is 12.9. The summed E-state index contributed by atoms with van der Waals surface area (Å²) in [7, 11) is -11.0. The fraction of sp³-hybridized carbons (Fsp3) is 0.556. The van der Waals surface area contributed by atoms with Crippen LogP contribution in [0.5, 0.6) is 0 Å². The molecule has 420 valence electrons. The van der Waals surface area contributed by atoms with E-state index in [1.807, 2.05) is 24.3 Å². The van der Waals surface area contributed by atoms with Crippen LogP contribution >= 0.6 is 15.6 Å². The molecule has 8 atom stereocenters. The molecule has 21 heteroatoms. The number of aliphatic hydroxyl groups excluding tert-OH is 3. The molecule has 1 aromatic heterocycles. The number of phosphoric ester groups is 2. The third-order valence-electron chi connectivity index (χ3n) is 10.9. The van der Waals surface area contributed by atoms with E-state index in [9.17, 15) is 48.6 Å². The van der Waals surface area contributed by atoms with E-state index in [-0.39, 0.29) is 25.1 Å². The van der Waals surface area contributed by atoms with Gasteiger partial charge in [0.05, 0.1) is 19.3 Å². The maximum Gasteiger partial charge on any atom is 0.481 e. The highest BCUT2D eigenvalue weighted by atomic mass is 31.3. The first-order valence-corrected chi connectivity index (χ1v) is 29.0. The molecule has 0 aliphatic carbocycles. The predicted molar refractivity (Wildman–Crippen MR) is 290 cm³/mol. The van der Waals surface area contributed by atoms with E-state index in [1.54, 1.807) is 24.3 Å². The number of hydrogen-bond acceptors (Lipinski definition) is 16. The van der Waals surface area contributed by atoms with Crippen LogP contribution in [0, 0.1) is 0 Å². The number of anilines is 1. The Bertz CT molecular complexity index is 2200. The van der Waals surface area contributed by atoms with Crippen LogP contribution < -0.4 is 11.4 Å². The predicted octanol–water partition coefficient (Wildman–Crippen LogP) is 9.97. The van der Waals surface area contributed by atoms with Gasteiger partial charge in [0.1, 0.15) is 30.7 Å². The summed E-state index contributed by atoms with van der Waals surface area (Å²) in [6, 6.07) is 1.23. The lowest BCUT2D eigenvalue weighted by molar-refractivity contribution is -0.161. The SMILES string of the molecule is CC/C=C\C/C=C\C/C=C\C/C=C\C=C/C(O)C/C=C\CCC(=O)OC[C@H](COP(=O)(O)OP(=O)(O)OC[C@H]1O[C@@H](n2ccc(N)nc2=O)[C@H](O)[C@@H]1O)OC(=O)CCC/C=C\C/C=C\C/C=C\CCCCCCCC. The van der Waals surface area contributed by atoms with Crippen molar-refractivity contribution in [1.29, 1.82) is 0 Å². The van der Waals surface area contributed by atoms with Gasteiger partial charge in [0, 0.05) is 19.0 Å². The minimum Gasteiger partial charge on any atom is -0.462 e. The molecule has 0 radical (unpaired) electrons. The van der Waals surface area contributed by atoms with E-state index in [0.717, 1.165) is 55.7 Å². The van der Waals surface area contributed by atoms with E-state index in [2.05, 4.69) is 83.9 Å². The summed E-state index contributed by atoms with van der Waals surface area (Å²) in [6.45, 7) is 1.80. The number of nitrogens with two attached hydrogens (primary N) is 1. The Morgan fingerprint density at radius 3 is 1.96 bits per heavy atom. The van der Waals surface area contributed by atoms with Gasteiger partial charge in [-0.05, 0) is 83.1 Å². The number of hydrogen-bond donors (Lipinski definition) is 6. The van der Waals surface area contributed by atoms with Crippen molar-refractivity contribution in [3.05, 3.63) is 132 Å². The molecular formula is C54H83N3O16P2. The Morgan fingerprint density at radius 2 is 1.31 bits per heavy atom. The number of phosphoric acid groups is 2. The van der Waals surface area contributed by atoms with E-state index in [1.165, 1.54) is 44.6 Å². The van der Waals surface area contributed by atoms with Gasteiger partial charge in [-0.25, -0.2) is 13.9 Å². The van der Waals surface area contributed by atoms with Crippen LogP contribution in [-0.4, -0.2) is 96.9 Å². The molecule has 2 heterocycles. The number of carbonyl (C=O) groups excluding carboxylic acids is 2. The lowest BCUT2D eigenvalue weighted by Crippen LogP contribution is -2.36. The number of nitrogen functional groups attached to an aromatic ring is 1. The van der Waals surface area contributed by atoms with Crippen LogP contribution in [0.4, 0.5) is 5.82 Å². The summed E-state index contributed by atoms with van der Waals surface area (Å²) < 4.78 is 56.6. The second-order valence-electron chi connectivity index (χ2n) is 17.5. The van der Waals surface area contributed by atoms with Crippen molar-refractivity contribution in [2.75, 3.05) is 25.6 Å². The van der Waals surface area contributed by atoms with Crippen molar-refractivity contribution in [2.45, 2.75) is 173 Å². The molecule has 0 aromatic carbocycles. The zero-order chi connectivity index (χ0) is 55.0. The molecule has 1 aromatic rings. The largest absolute Gasteiger partial charge is 0.481 e. The molecule has 75 heavy (non-hydrogen) atoms. The quantitative estimate of drug-likeness (QED) is 0.0117. The van der Waals surface area contributed by atoms with Gasteiger partial charge >= 0.3 is 33.3 Å². The summed E-state index contributed by atoms with van der Waals surface area (Å²) in [5.41, 5.74) is 4.57. The normalized spacial score (nSPS) is 20.1. The zero-order valence-corrected chi connectivity index (χ0v) is 45.4. The number of nitrogens with zero attached hydrogens (tertiary/aromatic N) is 2. The van der Waals surface area contributed by atoms with Crippen LogP contribution in [0.2, 0.25) is 0 Å². The fourth-order valence-electron chi connectivity index (χ4n) is 6.91. The number of unbranched alkanes of at least 4 members (excludes halogenated alkanes) is 7. The average Bonchev–Trinajstić information content (AvgIpc) is 3.64. The Kier molecular flexibility index (Phi) is 36.0. The molecular weight excluding hydrogens is 1010 g/mol. The molecule has 7 N–H and O–H groups in total. The summed E-state index contributed by atoms with van der Waals surface area (Å²) >= 11 is 0. The van der Waals surface area contributed by atoms with Crippen molar-refractivity contribution in [2.24, 2.45) is 0 Å². The lowest BCUT2D eigenvalue weighted by Gasteiger charge is -2.21. The zero-order valence-electron chi connectivity index (χ0n) is 43.7. The summed E-state index contributed by atoms with van der Waals surface area (Å²) in [5, 5.41) is 31.2. The highest BCUT2D eigenvalue weighted by Gasteiger charge is 2.46. The van der Waals surface area contributed by atoms with Crippen LogP contribution in [0.1, 0.15) is 142 Å². The molecule has 0 bridgehead atoms. The van der Waals surface area contributed by atoms with Crippen LogP contribution in [0.3, 0.4) is 0 Å². The molecule has 1 aliphatic heterocycles. The maximum atomic E-state index is 12.9. The highest BCUT2D eigenvalue weighted by Crippen LogP contribution is 2.60. The van der Waals surface area contributed by atoms with E-state index < -0.39 is 89.8 Å². The minimum absolute atomic E-state index is 0.0651. The van der Waals surface area contributed by atoms with E-state index >= 15 is 0 Å². The van der Waals surface area contributed by atoms with Gasteiger partial charge in [-0.3, -0.25) is 23.2 Å². The van der Waals surface area contributed by atoms with E-state index in [4.69, 9.17) is 29.0 Å². The summed E-state index contributed by atoms with van der Waals surface area (Å²) in [4.78, 5) is 61.9. The Labute approximate surface area is 443 Å². The number of esters is 2. The van der Waals surface area contributed by atoms with Crippen molar-refractivity contribution in [1.82, 2.24) is 9.55 Å². The van der Waals surface area contributed by atoms with Gasteiger partial charge in [-0.1, -0.05) is 155 Å². The Hall–Kier alpha value is -4.62. The topological polar surface area (TPSA) is 286 Å². The molecule has 1 aliphatic rings. The Morgan fingerprint density at radius 1 is 0.720 bits per heavy atom. The van der Waals surface area contributed by atoms with Crippen molar-refractivity contribution in [3.63, 3.8) is 0 Å². The van der Waals surface area contributed by atoms with Gasteiger partial charge < -0.3 is 45.1 Å². The van der Waals surface area contributed by atoms with Gasteiger partial charge in [0.2, 0.25) is 0 Å². The summed E-state index contributed by atoms with van der Waals surface area (Å²) in [6.07, 6.45) is 43.5. The van der Waals surface area contributed by atoms with Gasteiger partial charge in [0.15, 0.2) is 12.3 Å². The van der Waals surface area contributed by atoms with Crippen molar-refractivity contribution < 1.29 is 71.4 Å². The van der Waals surface area contributed by atoms with Crippen LogP contribution in [-0.2, 0) is 46.3 Å². The summed E-state index contributed by atoms with van der Waals surface area (Å²) in [5.74, 6) is -1.56. The standard InChI is InChI=1S/C54H83N3O16P2/c1-3-5-7-9-11-13-15-17-18-19-20-22-24-26-28-30-34-39-50(60)71-46(42-68-49(59)38-35-31-33-37-45(58)36-32-29-27-25-23-21-16-14-12-10-8-6-4-2)43-69-74(64,65)73-75(66,67)70-44-47-51(61)52(62)53(72-47)57-41-40-48(55)56-54(57)63/h6,8,12,14,17-18,20-23,26-29,31-33,36,40-41,45-47,51-53,58,61-62H,3-5,7,9-11,13,15-16,19,24-25,30,34-35,37-39,42-44H2,1-2H3,(H,64,65)(H,66,67)(H2,55,56,63)/b8-6-,14-12-,18-17-,22-20-,23-21-,28-26-,29-27-,33-31-,36-32-/t45?,46-,47-,51-,52-,53-/m1/s1. The third kappa shape index (κ3) is 33.2. The minimum atomic E-state index is -5.48. The van der Waals surface area contributed by atoms with Crippen LogP contribution in [0.15, 0.2) is 126 Å². The molecule has 0 amide bonds. The first-order valence-electron chi connectivity index (χ1n) is 26.0. The second-order valence-corrected chi connectivity index (χ2v) is 20.5. The smallest absolute Gasteiger partial charge is 0.462 e. The molecule has 1 fully saturated rings. The number of allylic oxidation sites excluding steroid dienone is 16. The Balaban J connectivity index is 1.88. The molecule has 1 saturated heterocycles. The number of rotatable bonds is 41.